The lowest BCUT2D eigenvalue weighted by Gasteiger charge is -2.20. The Morgan fingerprint density at radius 2 is 1.73 bits per heavy atom. The fourth-order valence-corrected chi connectivity index (χ4v) is 3.81. The maximum absolute atomic E-state index is 12.7. The molecule has 2 fully saturated rings. The number of nitrogens with one attached hydrogen (secondary N) is 1. The first-order valence-electron chi connectivity index (χ1n) is 9.68. The number of methoxy groups -OCH3 is 1. The van der Waals surface area contributed by atoms with Crippen LogP contribution < -0.4 is 19.9 Å². The van der Waals surface area contributed by atoms with Crippen LogP contribution in [0.3, 0.4) is 0 Å². The maximum Gasteiger partial charge on any atom is 0.251 e. The van der Waals surface area contributed by atoms with Gasteiger partial charge in [0.1, 0.15) is 5.75 Å². The van der Waals surface area contributed by atoms with Gasteiger partial charge in [-0.05, 0) is 30.3 Å². The van der Waals surface area contributed by atoms with Crippen LogP contribution in [0.2, 0.25) is 0 Å². The van der Waals surface area contributed by atoms with E-state index >= 15 is 0 Å². The molecule has 2 heterocycles. The Hall–Kier alpha value is -3.68. The van der Waals surface area contributed by atoms with Crippen molar-refractivity contribution in [2.75, 3.05) is 23.5 Å². The highest BCUT2D eigenvalue weighted by Crippen LogP contribution is 2.31. The normalized spacial score (nSPS) is 18.8. The summed E-state index contributed by atoms with van der Waals surface area (Å²) >= 11 is 0. The van der Waals surface area contributed by atoms with E-state index in [1.165, 1.54) is 6.07 Å². The minimum Gasteiger partial charge on any atom is -0.495 e. The second-order valence-corrected chi connectivity index (χ2v) is 7.22. The van der Waals surface area contributed by atoms with Gasteiger partial charge >= 0.3 is 0 Å². The predicted octanol–water partition coefficient (Wildman–Crippen LogP) is 1.88. The Kier molecular flexibility index (Phi) is 5.22. The first kappa shape index (κ1) is 19.6. The third-order valence-electron chi connectivity index (χ3n) is 5.25. The van der Waals surface area contributed by atoms with Gasteiger partial charge in [-0.3, -0.25) is 24.1 Å². The van der Waals surface area contributed by atoms with E-state index < -0.39 is 0 Å². The summed E-state index contributed by atoms with van der Waals surface area (Å²) in [4.78, 5) is 51.9. The number of rotatable bonds is 5. The summed E-state index contributed by atoms with van der Waals surface area (Å²) in [5.74, 6) is -0.425. The van der Waals surface area contributed by atoms with E-state index in [0.29, 0.717) is 29.2 Å². The number of anilines is 2. The van der Waals surface area contributed by atoms with E-state index in [9.17, 15) is 19.2 Å². The molecule has 30 heavy (non-hydrogen) atoms. The first-order chi connectivity index (χ1) is 14.5. The van der Waals surface area contributed by atoms with E-state index in [0.717, 1.165) is 4.90 Å². The van der Waals surface area contributed by atoms with Gasteiger partial charge < -0.3 is 15.0 Å². The predicted molar refractivity (Wildman–Crippen MR) is 109 cm³/mol. The molecule has 0 bridgehead atoms. The fraction of sp³-hybridized carbons (Fsp3) is 0.273. The summed E-state index contributed by atoms with van der Waals surface area (Å²) < 4.78 is 5.33. The molecule has 1 N–H and O–H groups in total. The van der Waals surface area contributed by atoms with Gasteiger partial charge in [0.15, 0.2) is 0 Å². The van der Waals surface area contributed by atoms with Crippen molar-refractivity contribution in [1.82, 2.24) is 5.32 Å². The number of para-hydroxylation sites is 2. The molecule has 2 aliphatic heterocycles. The molecule has 1 unspecified atom stereocenters. The third kappa shape index (κ3) is 3.63. The van der Waals surface area contributed by atoms with Crippen molar-refractivity contribution in [3.63, 3.8) is 0 Å². The third-order valence-corrected chi connectivity index (χ3v) is 5.25. The van der Waals surface area contributed by atoms with Crippen LogP contribution in [0.1, 0.15) is 29.6 Å². The van der Waals surface area contributed by atoms with Crippen LogP contribution in [0.15, 0.2) is 48.5 Å². The Bertz CT molecular complexity index is 1020. The zero-order valence-electron chi connectivity index (χ0n) is 16.5. The lowest BCUT2D eigenvalue weighted by atomic mass is 10.1. The molecular formula is C22H21N3O5. The molecule has 2 aromatic rings. The van der Waals surface area contributed by atoms with Gasteiger partial charge in [-0.15, -0.1) is 0 Å². The average Bonchev–Trinajstić information content (AvgIpc) is 3.28. The maximum atomic E-state index is 12.7. The molecule has 2 saturated heterocycles. The Balaban J connectivity index is 1.47. The first-order valence-corrected chi connectivity index (χ1v) is 9.68. The highest BCUT2D eigenvalue weighted by molar-refractivity contribution is 6.20. The quantitative estimate of drug-likeness (QED) is 0.764. The topological polar surface area (TPSA) is 96.0 Å². The number of hydrogen-bond donors (Lipinski definition) is 1. The van der Waals surface area contributed by atoms with E-state index in [-0.39, 0.29) is 48.9 Å². The molecular weight excluding hydrogens is 386 g/mol. The number of nitrogens with zero attached hydrogens (tertiary/aromatic N) is 2. The molecule has 8 nitrogen and oxygen atoms in total. The molecule has 8 heteroatoms. The summed E-state index contributed by atoms with van der Waals surface area (Å²) in [5.41, 5.74) is 1.37. The van der Waals surface area contributed by atoms with Crippen LogP contribution in [-0.4, -0.2) is 43.3 Å². The number of carbonyl (C=O) groups is 4. The molecule has 0 radical (unpaired) electrons. The molecule has 0 aromatic heterocycles. The van der Waals surface area contributed by atoms with Crippen LogP contribution in [0.25, 0.3) is 0 Å². The van der Waals surface area contributed by atoms with Crippen LogP contribution in [-0.2, 0) is 14.4 Å². The van der Waals surface area contributed by atoms with Crippen molar-refractivity contribution in [3.8, 4) is 5.75 Å². The number of amides is 4. The van der Waals surface area contributed by atoms with Crippen LogP contribution in [0.5, 0.6) is 5.75 Å². The van der Waals surface area contributed by atoms with Crippen LogP contribution in [0.4, 0.5) is 11.4 Å². The lowest BCUT2D eigenvalue weighted by molar-refractivity contribution is -0.121. The molecule has 2 aliphatic rings. The molecule has 154 valence electrons. The molecule has 0 saturated carbocycles. The second kappa shape index (κ2) is 7.98. The summed E-state index contributed by atoms with van der Waals surface area (Å²) in [6, 6.07) is 13.2. The summed E-state index contributed by atoms with van der Waals surface area (Å²) in [7, 11) is 1.54. The van der Waals surface area contributed by atoms with Crippen molar-refractivity contribution in [3.05, 3.63) is 54.1 Å². The molecule has 1 atom stereocenters. The molecule has 0 aliphatic carbocycles. The fourth-order valence-electron chi connectivity index (χ4n) is 3.81. The Morgan fingerprint density at radius 3 is 2.47 bits per heavy atom. The Morgan fingerprint density at radius 1 is 1.00 bits per heavy atom. The average molecular weight is 407 g/mol. The van der Waals surface area contributed by atoms with Gasteiger partial charge in [0.2, 0.25) is 17.7 Å². The largest absolute Gasteiger partial charge is 0.495 e. The van der Waals surface area contributed by atoms with E-state index in [2.05, 4.69) is 5.32 Å². The number of hydrogen-bond acceptors (Lipinski definition) is 5. The molecule has 4 amide bonds. The van der Waals surface area contributed by atoms with Crippen molar-refractivity contribution in [1.29, 1.82) is 0 Å². The van der Waals surface area contributed by atoms with Gasteiger partial charge in [-0.2, -0.15) is 0 Å². The van der Waals surface area contributed by atoms with Gasteiger partial charge in [0, 0.05) is 31.4 Å². The zero-order valence-corrected chi connectivity index (χ0v) is 16.5. The summed E-state index contributed by atoms with van der Waals surface area (Å²) in [5, 5.41) is 2.87. The zero-order chi connectivity index (χ0) is 21.3. The minimum atomic E-state index is -0.367. The molecule has 2 aromatic carbocycles. The summed E-state index contributed by atoms with van der Waals surface area (Å²) in [6.07, 6.45) is 0.531. The highest BCUT2D eigenvalue weighted by Gasteiger charge is 2.34. The number of carbonyl (C=O) groups excluding carboxylic acids is 4. The molecule has 0 spiro atoms. The Labute approximate surface area is 173 Å². The second-order valence-electron chi connectivity index (χ2n) is 7.22. The smallest absolute Gasteiger partial charge is 0.251 e. The SMILES string of the molecule is COc1ccccc1N1CC(NC(=O)c2cccc(N3C(=O)CCC3=O)c2)CC1=O. The van der Waals surface area contributed by atoms with Crippen molar-refractivity contribution in [2.45, 2.75) is 25.3 Å². The van der Waals surface area contributed by atoms with Crippen molar-refractivity contribution in [2.24, 2.45) is 0 Å². The number of imide groups is 1. The monoisotopic (exact) mass is 407 g/mol. The van der Waals surface area contributed by atoms with Crippen molar-refractivity contribution < 1.29 is 23.9 Å². The van der Waals surface area contributed by atoms with E-state index in [4.69, 9.17) is 4.74 Å². The van der Waals surface area contributed by atoms with Gasteiger partial charge in [0.05, 0.1) is 24.5 Å². The minimum absolute atomic E-state index is 0.105. The van der Waals surface area contributed by atoms with Gasteiger partial charge in [-0.1, -0.05) is 18.2 Å². The lowest BCUT2D eigenvalue weighted by Crippen LogP contribution is -2.37. The van der Waals surface area contributed by atoms with E-state index in [1.54, 1.807) is 42.3 Å². The van der Waals surface area contributed by atoms with Crippen LogP contribution in [0, 0.1) is 0 Å². The molecule has 4 rings (SSSR count). The van der Waals surface area contributed by atoms with Crippen molar-refractivity contribution >= 4 is 35.0 Å². The van der Waals surface area contributed by atoms with Gasteiger partial charge in [0.25, 0.3) is 5.91 Å². The highest BCUT2D eigenvalue weighted by atomic mass is 16.5. The van der Waals surface area contributed by atoms with E-state index in [1.807, 2.05) is 12.1 Å². The van der Waals surface area contributed by atoms with Crippen LogP contribution >= 0.6 is 0 Å². The summed E-state index contributed by atoms with van der Waals surface area (Å²) in [6.45, 7) is 0.327. The number of benzene rings is 2. The van der Waals surface area contributed by atoms with Gasteiger partial charge in [-0.25, -0.2) is 0 Å². The standard InChI is InChI=1S/C22H21N3O5/c1-30-18-8-3-2-7-17(18)24-13-15(12-21(24)28)23-22(29)14-5-4-6-16(11-14)25-19(26)9-10-20(25)27/h2-8,11,15H,9-10,12-13H2,1H3,(H,23,29). The number of ether oxygens (including phenoxy) is 1.